The molecule has 2 N–H and O–H groups in total. The highest BCUT2D eigenvalue weighted by Gasteiger charge is 2.51. The van der Waals surface area contributed by atoms with Gasteiger partial charge in [-0.15, -0.1) is 0 Å². The lowest BCUT2D eigenvalue weighted by atomic mass is 9.48. The van der Waals surface area contributed by atoms with Crippen LogP contribution >= 0.6 is 0 Å². The second kappa shape index (κ2) is 7.73. The van der Waals surface area contributed by atoms with Gasteiger partial charge in [-0.3, -0.25) is 0 Å². The summed E-state index contributed by atoms with van der Waals surface area (Å²) < 4.78 is 6.01. The van der Waals surface area contributed by atoms with Crippen LogP contribution in [0.3, 0.4) is 0 Å². The largest absolute Gasteiger partial charge is 0.491 e. The fraction of sp³-hybridized carbons (Fsp3) is 0.793. The van der Waals surface area contributed by atoms with Gasteiger partial charge < -0.3 is 15.2 Å². The SMILES string of the molecule is OC(CNC1C2CC3CC(C2)CC1C3)COc1ccc(C23CC4CC(CC(C4)C2)C3)cc1. The smallest absolute Gasteiger partial charge is 0.119 e. The molecule has 8 aliphatic carbocycles. The standard InChI is InChI=1S/C29H41NO2/c31-26(16-30-28-23-9-18-5-19(11-23)12-24(28)10-18)17-32-27-3-1-25(2-4-27)29-13-20-6-21(14-29)8-22(7-20)15-29/h1-4,18-24,26,28,30-31H,5-17H2. The summed E-state index contributed by atoms with van der Waals surface area (Å²) in [5, 5.41) is 14.3. The van der Waals surface area contributed by atoms with Crippen molar-refractivity contribution >= 4 is 0 Å². The van der Waals surface area contributed by atoms with Crippen LogP contribution in [-0.4, -0.2) is 30.4 Å². The minimum absolute atomic E-state index is 0.386. The molecular formula is C29H41NO2. The lowest BCUT2D eigenvalue weighted by molar-refractivity contribution is -0.0189. The van der Waals surface area contributed by atoms with Gasteiger partial charge in [0.25, 0.3) is 0 Å². The predicted molar refractivity (Wildman–Crippen MR) is 127 cm³/mol. The molecule has 1 atom stereocenters. The quantitative estimate of drug-likeness (QED) is 0.610. The molecule has 8 fully saturated rings. The first-order valence-electron chi connectivity index (χ1n) is 13.8. The molecule has 0 aromatic heterocycles. The van der Waals surface area contributed by atoms with Crippen LogP contribution < -0.4 is 10.1 Å². The molecule has 8 saturated carbocycles. The second-order valence-corrected chi connectivity index (χ2v) is 13.1. The van der Waals surface area contributed by atoms with Crippen LogP contribution in [0.25, 0.3) is 0 Å². The van der Waals surface area contributed by atoms with Crippen LogP contribution in [-0.2, 0) is 5.41 Å². The fourth-order valence-electron chi connectivity index (χ4n) is 10.2. The van der Waals surface area contributed by atoms with Gasteiger partial charge in [0.15, 0.2) is 0 Å². The average molecular weight is 436 g/mol. The Kier molecular flexibility index (Phi) is 4.91. The highest BCUT2D eigenvalue weighted by molar-refractivity contribution is 5.34. The van der Waals surface area contributed by atoms with Crippen molar-refractivity contribution in [2.75, 3.05) is 13.2 Å². The number of aliphatic hydroxyl groups excluding tert-OH is 1. The number of hydrogen-bond donors (Lipinski definition) is 2. The number of ether oxygens (including phenoxy) is 1. The third-order valence-corrected chi connectivity index (χ3v) is 10.8. The van der Waals surface area contributed by atoms with Gasteiger partial charge in [-0.2, -0.15) is 0 Å². The second-order valence-electron chi connectivity index (χ2n) is 13.1. The Morgan fingerprint density at radius 2 is 1.31 bits per heavy atom. The normalized spacial score (nSPS) is 46.5. The van der Waals surface area contributed by atoms with E-state index < -0.39 is 6.10 Å². The summed E-state index contributed by atoms with van der Waals surface area (Å²) >= 11 is 0. The molecule has 3 nitrogen and oxygen atoms in total. The van der Waals surface area contributed by atoms with Crippen LogP contribution in [0.1, 0.15) is 76.2 Å². The van der Waals surface area contributed by atoms with E-state index in [0.717, 1.165) is 47.2 Å². The van der Waals surface area contributed by atoms with Crippen molar-refractivity contribution in [2.24, 2.45) is 41.4 Å². The van der Waals surface area contributed by atoms with Crippen molar-refractivity contribution in [3.05, 3.63) is 29.8 Å². The van der Waals surface area contributed by atoms with Gasteiger partial charge >= 0.3 is 0 Å². The Hall–Kier alpha value is -1.06. The van der Waals surface area contributed by atoms with Crippen molar-refractivity contribution < 1.29 is 9.84 Å². The molecule has 1 unspecified atom stereocenters. The lowest BCUT2D eigenvalue weighted by Gasteiger charge is -2.57. The van der Waals surface area contributed by atoms with E-state index >= 15 is 0 Å². The first-order chi connectivity index (χ1) is 15.6. The molecule has 174 valence electrons. The fourth-order valence-corrected chi connectivity index (χ4v) is 10.2. The zero-order chi connectivity index (χ0) is 21.3. The zero-order valence-corrected chi connectivity index (χ0v) is 19.6. The molecule has 8 bridgehead atoms. The molecule has 0 heterocycles. The Bertz CT molecular complexity index is 769. The van der Waals surface area contributed by atoms with Gasteiger partial charge in [-0.25, -0.2) is 0 Å². The number of hydrogen-bond acceptors (Lipinski definition) is 3. The van der Waals surface area contributed by atoms with E-state index in [1.807, 2.05) is 0 Å². The number of rotatable bonds is 7. The maximum Gasteiger partial charge on any atom is 0.119 e. The van der Waals surface area contributed by atoms with E-state index in [1.54, 1.807) is 5.56 Å². The third kappa shape index (κ3) is 3.54. The van der Waals surface area contributed by atoms with E-state index in [2.05, 4.69) is 29.6 Å². The molecule has 8 aliphatic rings. The minimum atomic E-state index is -0.435. The van der Waals surface area contributed by atoms with Crippen LogP contribution in [0.15, 0.2) is 24.3 Å². The molecular weight excluding hydrogens is 394 g/mol. The Morgan fingerprint density at radius 1 is 0.781 bits per heavy atom. The topological polar surface area (TPSA) is 41.5 Å². The summed E-state index contributed by atoms with van der Waals surface area (Å²) in [7, 11) is 0. The molecule has 0 amide bonds. The monoisotopic (exact) mass is 435 g/mol. The molecule has 9 rings (SSSR count). The van der Waals surface area contributed by atoms with Crippen molar-refractivity contribution in [3.8, 4) is 5.75 Å². The molecule has 3 heteroatoms. The molecule has 0 saturated heterocycles. The summed E-state index contributed by atoms with van der Waals surface area (Å²) in [5.74, 6) is 7.58. The zero-order valence-electron chi connectivity index (χ0n) is 19.6. The highest BCUT2D eigenvalue weighted by Crippen LogP contribution is 2.60. The van der Waals surface area contributed by atoms with Gasteiger partial charge in [0.2, 0.25) is 0 Å². The number of nitrogens with one attached hydrogen (secondary N) is 1. The summed E-state index contributed by atoms with van der Waals surface area (Å²) in [6, 6.07) is 9.62. The van der Waals surface area contributed by atoms with Crippen LogP contribution in [0, 0.1) is 41.4 Å². The highest BCUT2D eigenvalue weighted by atomic mass is 16.5. The van der Waals surface area contributed by atoms with Crippen LogP contribution in [0.4, 0.5) is 0 Å². The Balaban J connectivity index is 0.923. The van der Waals surface area contributed by atoms with Crippen molar-refractivity contribution in [1.82, 2.24) is 5.32 Å². The first-order valence-corrected chi connectivity index (χ1v) is 13.8. The maximum atomic E-state index is 10.6. The molecule has 32 heavy (non-hydrogen) atoms. The van der Waals surface area contributed by atoms with Gasteiger partial charge in [0.05, 0.1) is 0 Å². The first kappa shape index (κ1) is 20.3. The summed E-state index contributed by atoms with van der Waals surface area (Å²) in [6.45, 7) is 1.05. The van der Waals surface area contributed by atoms with E-state index in [0.29, 0.717) is 24.6 Å². The van der Waals surface area contributed by atoms with E-state index in [-0.39, 0.29) is 0 Å². The van der Waals surface area contributed by atoms with Crippen LogP contribution in [0.2, 0.25) is 0 Å². The minimum Gasteiger partial charge on any atom is -0.491 e. The average Bonchev–Trinajstić information content (AvgIpc) is 2.76. The Labute approximate surface area is 193 Å². The van der Waals surface area contributed by atoms with E-state index in [4.69, 9.17) is 4.74 Å². The molecule has 1 aromatic carbocycles. The number of aliphatic hydroxyl groups is 1. The maximum absolute atomic E-state index is 10.6. The van der Waals surface area contributed by atoms with Gasteiger partial charge in [0.1, 0.15) is 18.5 Å². The summed E-state index contributed by atoms with van der Waals surface area (Å²) in [6.07, 6.45) is 15.5. The van der Waals surface area contributed by atoms with Crippen LogP contribution in [0.5, 0.6) is 5.75 Å². The predicted octanol–water partition coefficient (Wildman–Crippen LogP) is 5.31. The van der Waals surface area contributed by atoms with Crippen molar-refractivity contribution in [3.63, 3.8) is 0 Å². The molecule has 0 radical (unpaired) electrons. The lowest BCUT2D eigenvalue weighted by Crippen LogP contribution is -2.55. The van der Waals surface area contributed by atoms with E-state index in [9.17, 15) is 5.11 Å². The van der Waals surface area contributed by atoms with Crippen molar-refractivity contribution in [1.29, 1.82) is 0 Å². The summed E-state index contributed by atoms with van der Waals surface area (Å²) in [5.41, 5.74) is 2.00. The van der Waals surface area contributed by atoms with Gasteiger partial charge in [0, 0.05) is 12.6 Å². The van der Waals surface area contributed by atoms with Gasteiger partial charge in [-0.1, -0.05) is 12.1 Å². The molecule has 0 spiro atoms. The third-order valence-electron chi connectivity index (χ3n) is 10.8. The molecule has 1 aromatic rings. The summed E-state index contributed by atoms with van der Waals surface area (Å²) in [4.78, 5) is 0. The van der Waals surface area contributed by atoms with E-state index in [1.165, 1.54) is 70.6 Å². The van der Waals surface area contributed by atoms with Crippen molar-refractivity contribution in [2.45, 2.75) is 88.2 Å². The number of benzene rings is 1. The Morgan fingerprint density at radius 3 is 1.88 bits per heavy atom. The molecule has 0 aliphatic heterocycles. The van der Waals surface area contributed by atoms with Gasteiger partial charge in [-0.05, 0) is 135 Å².